The minimum absolute atomic E-state index is 0.283. The molecule has 3 heteroatoms. The fourth-order valence-electron chi connectivity index (χ4n) is 2.05. The molecule has 0 aliphatic carbocycles. The van der Waals surface area contributed by atoms with Gasteiger partial charge in [0.1, 0.15) is 5.75 Å². The van der Waals surface area contributed by atoms with Crippen LogP contribution in [-0.2, 0) is 4.74 Å². The van der Waals surface area contributed by atoms with Crippen LogP contribution in [-0.4, -0.2) is 19.7 Å². The summed E-state index contributed by atoms with van der Waals surface area (Å²) >= 11 is 0. The number of benzene rings is 1. The zero-order valence-electron chi connectivity index (χ0n) is 11.4. The molecule has 1 aromatic carbocycles. The molecule has 0 aliphatic rings. The molecule has 0 amide bonds. The van der Waals surface area contributed by atoms with Crippen molar-refractivity contribution in [2.24, 2.45) is 0 Å². The number of rotatable bonds is 3. The Balaban J connectivity index is 3.52. The number of methoxy groups -OCH3 is 1. The summed E-state index contributed by atoms with van der Waals surface area (Å²) in [6, 6.07) is 0. The quantitative estimate of drug-likeness (QED) is 0.756. The first-order valence-electron chi connectivity index (χ1n) is 5.77. The molecule has 1 aromatic rings. The number of ether oxygens (including phenoxy) is 2. The lowest BCUT2D eigenvalue weighted by Crippen LogP contribution is -2.11. The third-order valence-corrected chi connectivity index (χ3v) is 3.23. The first-order valence-corrected chi connectivity index (χ1v) is 5.77. The van der Waals surface area contributed by atoms with Gasteiger partial charge in [0, 0.05) is 0 Å². The number of carbonyl (C=O) groups excluding carboxylic acids is 1. The molecule has 1 rings (SSSR count). The first kappa shape index (κ1) is 13.6. The topological polar surface area (TPSA) is 35.5 Å². The maximum Gasteiger partial charge on any atom is 0.338 e. The second-order valence-corrected chi connectivity index (χ2v) is 4.13. The minimum atomic E-state index is -0.283. The van der Waals surface area contributed by atoms with Gasteiger partial charge in [-0.25, -0.2) is 4.79 Å². The molecule has 17 heavy (non-hydrogen) atoms. The standard InChI is InChI=1S/C14H20O3/c1-7-17-13-10(4)8(2)12(14(15)16-6)9(3)11(13)5/h7H2,1-6H3. The van der Waals surface area contributed by atoms with E-state index in [0.29, 0.717) is 12.2 Å². The Kier molecular flexibility index (Phi) is 4.16. The van der Waals surface area contributed by atoms with Gasteiger partial charge in [0.2, 0.25) is 0 Å². The maximum absolute atomic E-state index is 11.8. The fourth-order valence-corrected chi connectivity index (χ4v) is 2.05. The van der Waals surface area contributed by atoms with Crippen molar-refractivity contribution in [3.8, 4) is 5.75 Å². The van der Waals surface area contributed by atoms with Crippen LogP contribution < -0.4 is 4.74 Å². The van der Waals surface area contributed by atoms with Crippen molar-refractivity contribution in [2.75, 3.05) is 13.7 Å². The number of esters is 1. The van der Waals surface area contributed by atoms with Crippen molar-refractivity contribution < 1.29 is 14.3 Å². The summed E-state index contributed by atoms with van der Waals surface area (Å²) < 4.78 is 10.5. The smallest absolute Gasteiger partial charge is 0.338 e. The van der Waals surface area contributed by atoms with E-state index >= 15 is 0 Å². The molecule has 0 aliphatic heterocycles. The van der Waals surface area contributed by atoms with Crippen LogP contribution in [0.4, 0.5) is 0 Å². The molecule has 0 fully saturated rings. The Bertz CT molecular complexity index is 418. The van der Waals surface area contributed by atoms with Gasteiger partial charge in [-0.05, 0) is 56.9 Å². The normalized spacial score (nSPS) is 10.2. The molecule has 0 unspecified atom stereocenters. The Morgan fingerprint density at radius 1 is 1.00 bits per heavy atom. The fraction of sp³-hybridized carbons (Fsp3) is 0.500. The van der Waals surface area contributed by atoms with Crippen LogP contribution in [0.3, 0.4) is 0 Å². The van der Waals surface area contributed by atoms with Crippen molar-refractivity contribution in [1.29, 1.82) is 0 Å². The molecule has 0 spiro atoms. The lowest BCUT2D eigenvalue weighted by Gasteiger charge is -2.19. The lowest BCUT2D eigenvalue weighted by molar-refractivity contribution is 0.0598. The predicted molar refractivity (Wildman–Crippen MR) is 67.9 cm³/mol. The Morgan fingerprint density at radius 3 is 1.82 bits per heavy atom. The molecule has 0 bridgehead atoms. The van der Waals surface area contributed by atoms with E-state index in [0.717, 1.165) is 28.0 Å². The molecule has 0 saturated carbocycles. The van der Waals surface area contributed by atoms with E-state index in [9.17, 15) is 4.79 Å². The van der Waals surface area contributed by atoms with Gasteiger partial charge in [-0.2, -0.15) is 0 Å². The van der Waals surface area contributed by atoms with E-state index in [-0.39, 0.29) is 5.97 Å². The molecule has 0 aromatic heterocycles. The van der Waals surface area contributed by atoms with E-state index in [1.165, 1.54) is 7.11 Å². The molecular weight excluding hydrogens is 216 g/mol. The molecule has 0 N–H and O–H groups in total. The highest BCUT2D eigenvalue weighted by molar-refractivity contribution is 5.94. The van der Waals surface area contributed by atoms with Crippen molar-refractivity contribution in [3.63, 3.8) is 0 Å². The highest BCUT2D eigenvalue weighted by Gasteiger charge is 2.20. The van der Waals surface area contributed by atoms with Crippen LogP contribution in [0.2, 0.25) is 0 Å². The van der Waals surface area contributed by atoms with Gasteiger partial charge in [-0.15, -0.1) is 0 Å². The van der Waals surface area contributed by atoms with Crippen LogP contribution in [0, 0.1) is 27.7 Å². The van der Waals surface area contributed by atoms with Crippen LogP contribution in [0.1, 0.15) is 39.5 Å². The second-order valence-electron chi connectivity index (χ2n) is 4.13. The third kappa shape index (κ3) is 2.28. The minimum Gasteiger partial charge on any atom is -0.493 e. The van der Waals surface area contributed by atoms with Crippen molar-refractivity contribution in [1.82, 2.24) is 0 Å². The summed E-state index contributed by atoms with van der Waals surface area (Å²) in [6.45, 7) is 10.4. The zero-order valence-corrected chi connectivity index (χ0v) is 11.4. The monoisotopic (exact) mass is 236 g/mol. The Hall–Kier alpha value is -1.51. The van der Waals surface area contributed by atoms with Gasteiger partial charge in [-0.1, -0.05) is 0 Å². The second kappa shape index (κ2) is 5.21. The van der Waals surface area contributed by atoms with Crippen LogP contribution in [0.25, 0.3) is 0 Å². The highest BCUT2D eigenvalue weighted by atomic mass is 16.5. The summed E-state index contributed by atoms with van der Waals surface area (Å²) in [5, 5.41) is 0. The van der Waals surface area contributed by atoms with Crippen molar-refractivity contribution >= 4 is 5.97 Å². The highest BCUT2D eigenvalue weighted by Crippen LogP contribution is 2.32. The van der Waals surface area contributed by atoms with Gasteiger partial charge in [0.25, 0.3) is 0 Å². The summed E-state index contributed by atoms with van der Waals surface area (Å²) in [5.74, 6) is 0.601. The summed E-state index contributed by atoms with van der Waals surface area (Å²) in [6.07, 6.45) is 0. The average Bonchev–Trinajstić information content (AvgIpc) is 2.32. The SMILES string of the molecule is CCOc1c(C)c(C)c(C(=O)OC)c(C)c1C. The van der Waals surface area contributed by atoms with Crippen LogP contribution >= 0.6 is 0 Å². The predicted octanol–water partition coefficient (Wildman–Crippen LogP) is 3.11. The van der Waals surface area contributed by atoms with Crippen molar-refractivity contribution in [3.05, 3.63) is 27.8 Å². The van der Waals surface area contributed by atoms with Crippen molar-refractivity contribution in [2.45, 2.75) is 34.6 Å². The molecule has 0 atom stereocenters. The van der Waals surface area contributed by atoms with E-state index < -0.39 is 0 Å². The van der Waals surface area contributed by atoms with Gasteiger partial charge >= 0.3 is 5.97 Å². The lowest BCUT2D eigenvalue weighted by atomic mass is 9.93. The molecule has 0 saturated heterocycles. The van der Waals surface area contributed by atoms with E-state index in [4.69, 9.17) is 9.47 Å². The number of hydrogen-bond acceptors (Lipinski definition) is 3. The van der Waals surface area contributed by atoms with E-state index in [2.05, 4.69) is 0 Å². The van der Waals surface area contributed by atoms with Gasteiger partial charge in [0.15, 0.2) is 0 Å². The zero-order chi connectivity index (χ0) is 13.2. The third-order valence-electron chi connectivity index (χ3n) is 3.23. The molecule has 0 radical (unpaired) electrons. The van der Waals surface area contributed by atoms with Crippen LogP contribution in [0.5, 0.6) is 5.75 Å². The Morgan fingerprint density at radius 2 is 1.47 bits per heavy atom. The van der Waals surface area contributed by atoms with Gasteiger partial charge in [0.05, 0.1) is 19.3 Å². The molecule has 0 heterocycles. The summed E-state index contributed by atoms with van der Waals surface area (Å²) in [5.41, 5.74) is 4.54. The average molecular weight is 236 g/mol. The maximum atomic E-state index is 11.8. The van der Waals surface area contributed by atoms with E-state index in [1.807, 2.05) is 34.6 Å². The molecule has 94 valence electrons. The summed E-state index contributed by atoms with van der Waals surface area (Å²) in [7, 11) is 1.41. The number of hydrogen-bond donors (Lipinski definition) is 0. The van der Waals surface area contributed by atoms with Gasteiger partial charge in [-0.3, -0.25) is 0 Å². The largest absolute Gasteiger partial charge is 0.493 e. The molecular formula is C14H20O3. The van der Waals surface area contributed by atoms with Gasteiger partial charge < -0.3 is 9.47 Å². The van der Waals surface area contributed by atoms with E-state index in [1.54, 1.807) is 0 Å². The Labute approximate surface area is 103 Å². The number of carbonyl (C=O) groups is 1. The first-order chi connectivity index (χ1) is 7.95. The molecule has 3 nitrogen and oxygen atoms in total. The van der Waals surface area contributed by atoms with Crippen LogP contribution in [0.15, 0.2) is 0 Å². The summed E-state index contributed by atoms with van der Waals surface area (Å²) in [4.78, 5) is 11.8.